The van der Waals surface area contributed by atoms with E-state index in [1.165, 1.54) is 12.0 Å². The topological polar surface area (TPSA) is 94.5 Å². The molecule has 0 spiro atoms. The number of aliphatic hydroxyl groups excluding tert-OH is 1. The fourth-order valence-electron chi connectivity index (χ4n) is 4.30. The van der Waals surface area contributed by atoms with Gasteiger partial charge in [-0.15, -0.1) is 0 Å². The Morgan fingerprint density at radius 2 is 1.62 bits per heavy atom. The number of benzene rings is 2. The minimum atomic E-state index is -0.825. The van der Waals surface area contributed by atoms with Crippen LogP contribution in [0.15, 0.2) is 42.0 Å². The second-order valence-corrected chi connectivity index (χ2v) is 9.44. The highest BCUT2D eigenvalue weighted by Crippen LogP contribution is 2.42. The lowest BCUT2D eigenvalue weighted by Crippen LogP contribution is -2.32. The molecule has 8 nitrogen and oxygen atoms in total. The number of Topliss-reactive ketones (excluding diaryl/α,β-unsaturated/α-hetero) is 1. The van der Waals surface area contributed by atoms with Crippen molar-refractivity contribution >= 4 is 17.4 Å². The van der Waals surface area contributed by atoms with Crippen LogP contribution >= 0.6 is 0 Å². The Morgan fingerprint density at radius 3 is 2.22 bits per heavy atom. The molecule has 3 rings (SSSR count). The smallest absolute Gasteiger partial charge is 0.295 e. The molecule has 1 N–H and O–H groups in total. The number of methoxy groups -OCH3 is 1. The van der Waals surface area contributed by atoms with Crippen molar-refractivity contribution in [2.45, 2.75) is 59.8 Å². The van der Waals surface area contributed by atoms with E-state index >= 15 is 0 Å². The van der Waals surface area contributed by atoms with Gasteiger partial charge in [-0.2, -0.15) is 0 Å². The summed E-state index contributed by atoms with van der Waals surface area (Å²) in [7, 11) is 1.53. The molecule has 8 heteroatoms. The normalized spacial score (nSPS) is 17.1. The van der Waals surface area contributed by atoms with Gasteiger partial charge in [0.25, 0.3) is 11.7 Å². The van der Waals surface area contributed by atoms with Crippen molar-refractivity contribution in [2.75, 3.05) is 26.9 Å². The molecule has 1 heterocycles. The maximum atomic E-state index is 13.3. The molecule has 1 saturated heterocycles. The van der Waals surface area contributed by atoms with E-state index in [9.17, 15) is 14.7 Å². The van der Waals surface area contributed by atoms with E-state index in [0.717, 1.165) is 5.56 Å². The van der Waals surface area contributed by atoms with Crippen LogP contribution in [-0.2, 0) is 14.3 Å². The number of rotatable bonds is 11. The van der Waals surface area contributed by atoms with E-state index in [4.69, 9.17) is 18.9 Å². The minimum absolute atomic E-state index is 0.00793. The molecule has 1 aliphatic rings. The molecule has 2 aromatic carbocycles. The van der Waals surface area contributed by atoms with Gasteiger partial charge in [-0.05, 0) is 83.0 Å². The van der Waals surface area contributed by atoms with E-state index in [-0.39, 0.29) is 36.7 Å². The van der Waals surface area contributed by atoms with Gasteiger partial charge in [-0.3, -0.25) is 9.59 Å². The third kappa shape index (κ3) is 6.25. The summed E-state index contributed by atoms with van der Waals surface area (Å²) in [4.78, 5) is 27.8. The van der Waals surface area contributed by atoms with Crippen molar-refractivity contribution < 1.29 is 33.6 Å². The van der Waals surface area contributed by atoms with E-state index in [2.05, 4.69) is 0 Å². The molecule has 2 aromatic rings. The molecule has 1 atom stereocenters. The predicted octanol–water partition coefficient (Wildman–Crippen LogP) is 5.04. The van der Waals surface area contributed by atoms with Crippen LogP contribution in [-0.4, -0.2) is 60.8 Å². The molecule has 37 heavy (non-hydrogen) atoms. The first-order chi connectivity index (χ1) is 17.6. The van der Waals surface area contributed by atoms with Crippen molar-refractivity contribution in [1.29, 1.82) is 0 Å². The zero-order chi connectivity index (χ0) is 27.3. The quantitative estimate of drug-likeness (QED) is 0.257. The molecule has 0 bridgehead atoms. The molecule has 1 unspecified atom stereocenters. The minimum Gasteiger partial charge on any atom is -0.507 e. The van der Waals surface area contributed by atoms with Gasteiger partial charge in [-0.25, -0.2) is 0 Å². The summed E-state index contributed by atoms with van der Waals surface area (Å²) in [5.41, 5.74) is 1.86. The van der Waals surface area contributed by atoms with E-state index in [0.29, 0.717) is 35.0 Å². The van der Waals surface area contributed by atoms with Gasteiger partial charge in [0.2, 0.25) is 0 Å². The first-order valence-electron chi connectivity index (χ1n) is 12.6. The summed E-state index contributed by atoms with van der Waals surface area (Å²) in [6, 6.07) is 9.67. The van der Waals surface area contributed by atoms with Crippen molar-refractivity contribution in [3.8, 4) is 17.2 Å². The lowest BCUT2D eigenvalue weighted by atomic mass is 9.94. The predicted molar refractivity (Wildman–Crippen MR) is 141 cm³/mol. The Balaban J connectivity index is 2.16. The van der Waals surface area contributed by atoms with Crippen LogP contribution in [0.5, 0.6) is 17.2 Å². The largest absolute Gasteiger partial charge is 0.507 e. The van der Waals surface area contributed by atoms with Crippen LogP contribution in [0.25, 0.3) is 5.76 Å². The number of carbonyl (C=O) groups is 2. The summed E-state index contributed by atoms with van der Waals surface area (Å²) >= 11 is 0. The SMILES string of the molecule is CCOc1cc(C2/C(=C(\O)c3ccc(OC(C)C)c(C)c3)C(=O)C(=O)N2CCOC)ccc1OC(C)C. The summed E-state index contributed by atoms with van der Waals surface area (Å²) in [5.74, 6) is 0.0522. The third-order valence-corrected chi connectivity index (χ3v) is 5.83. The van der Waals surface area contributed by atoms with Crippen molar-refractivity contribution in [3.05, 3.63) is 58.7 Å². The summed E-state index contributed by atoms with van der Waals surface area (Å²) in [5, 5.41) is 11.4. The van der Waals surface area contributed by atoms with Gasteiger partial charge in [0.1, 0.15) is 11.5 Å². The van der Waals surface area contributed by atoms with Gasteiger partial charge in [0.15, 0.2) is 11.5 Å². The molecule has 0 saturated carbocycles. The summed E-state index contributed by atoms with van der Waals surface area (Å²) in [6.45, 7) is 12.3. The van der Waals surface area contributed by atoms with E-state index < -0.39 is 17.7 Å². The van der Waals surface area contributed by atoms with E-state index in [1.54, 1.807) is 36.4 Å². The van der Waals surface area contributed by atoms with Gasteiger partial charge in [-0.1, -0.05) is 6.07 Å². The highest BCUT2D eigenvalue weighted by molar-refractivity contribution is 6.46. The Kier molecular flexibility index (Phi) is 9.21. The van der Waals surface area contributed by atoms with Crippen LogP contribution in [0.2, 0.25) is 0 Å². The van der Waals surface area contributed by atoms with Crippen LogP contribution in [0, 0.1) is 6.92 Å². The van der Waals surface area contributed by atoms with Gasteiger partial charge in [0, 0.05) is 19.2 Å². The van der Waals surface area contributed by atoms with Crippen LogP contribution in [0.3, 0.4) is 0 Å². The first kappa shape index (κ1) is 28.1. The second-order valence-electron chi connectivity index (χ2n) is 9.44. The Morgan fingerprint density at radius 1 is 0.973 bits per heavy atom. The van der Waals surface area contributed by atoms with Crippen LogP contribution in [0.1, 0.15) is 57.4 Å². The Labute approximate surface area is 218 Å². The maximum absolute atomic E-state index is 13.3. The maximum Gasteiger partial charge on any atom is 0.295 e. The molecule has 1 aliphatic heterocycles. The summed E-state index contributed by atoms with van der Waals surface area (Å²) in [6.07, 6.45) is -0.0743. The average molecular weight is 512 g/mol. The molecule has 0 aromatic heterocycles. The van der Waals surface area contributed by atoms with Gasteiger partial charge in [0.05, 0.1) is 37.0 Å². The molecule has 1 fully saturated rings. The molecule has 0 aliphatic carbocycles. The second kappa shape index (κ2) is 12.1. The summed E-state index contributed by atoms with van der Waals surface area (Å²) < 4.78 is 22.7. The number of carbonyl (C=O) groups excluding carboxylic acids is 2. The number of aryl methyl sites for hydroxylation is 1. The fraction of sp³-hybridized carbons (Fsp3) is 0.448. The van der Waals surface area contributed by atoms with Crippen LogP contribution in [0.4, 0.5) is 0 Å². The number of amides is 1. The number of likely N-dealkylation sites (tertiary alicyclic amines) is 1. The van der Waals surface area contributed by atoms with Gasteiger partial charge < -0.3 is 29.0 Å². The number of nitrogens with zero attached hydrogens (tertiary/aromatic N) is 1. The third-order valence-electron chi connectivity index (χ3n) is 5.83. The van der Waals surface area contributed by atoms with Crippen LogP contribution < -0.4 is 14.2 Å². The molecular formula is C29H37NO7. The lowest BCUT2D eigenvalue weighted by Gasteiger charge is -2.26. The average Bonchev–Trinajstić information content (AvgIpc) is 3.09. The Bertz CT molecular complexity index is 1170. The van der Waals surface area contributed by atoms with Crippen molar-refractivity contribution in [3.63, 3.8) is 0 Å². The first-order valence-corrected chi connectivity index (χ1v) is 12.6. The number of aliphatic hydroxyl groups is 1. The molecule has 200 valence electrons. The molecular weight excluding hydrogens is 474 g/mol. The standard InChI is InChI=1S/C29H37NO7/c1-8-35-24-16-20(9-12-23(24)37-18(4)5)26-25(28(32)29(33)30(26)13-14-34-7)27(31)21-10-11-22(19(6)15-21)36-17(2)3/h9-12,15-18,26,31H,8,13-14H2,1-7H3/b27-25+. The Hall–Kier alpha value is -3.52. The monoisotopic (exact) mass is 511 g/mol. The van der Waals surface area contributed by atoms with Crippen molar-refractivity contribution in [1.82, 2.24) is 4.90 Å². The van der Waals surface area contributed by atoms with E-state index in [1.807, 2.05) is 41.5 Å². The molecule has 1 amide bonds. The number of ether oxygens (including phenoxy) is 4. The zero-order valence-corrected chi connectivity index (χ0v) is 22.7. The number of hydrogen-bond acceptors (Lipinski definition) is 7. The highest BCUT2D eigenvalue weighted by atomic mass is 16.5. The number of hydrogen-bond donors (Lipinski definition) is 1. The zero-order valence-electron chi connectivity index (χ0n) is 22.7. The van der Waals surface area contributed by atoms with Crippen molar-refractivity contribution in [2.24, 2.45) is 0 Å². The fourth-order valence-corrected chi connectivity index (χ4v) is 4.30. The van der Waals surface area contributed by atoms with Gasteiger partial charge >= 0.3 is 0 Å². The number of ketones is 1. The molecule has 0 radical (unpaired) electrons. The highest BCUT2D eigenvalue weighted by Gasteiger charge is 2.46. The lowest BCUT2D eigenvalue weighted by molar-refractivity contribution is -0.140.